The Morgan fingerprint density at radius 2 is 2.09 bits per heavy atom. The summed E-state index contributed by atoms with van der Waals surface area (Å²) in [6.45, 7) is 2.24. The zero-order valence-corrected chi connectivity index (χ0v) is 13.2. The van der Waals surface area contributed by atoms with E-state index in [0.29, 0.717) is 17.8 Å². The van der Waals surface area contributed by atoms with E-state index in [-0.39, 0.29) is 17.8 Å². The standard InChI is InChI=1S/C17H21FN4O/c1-21-12-19-10-16(21)17(23)20-11-15(22-8-4-5-9-22)13-6-2-3-7-14(13)18/h2-3,6-7,10,12,15H,4-5,8-9,11H2,1H3,(H,20,23)/t15-/m1/s1. The highest BCUT2D eigenvalue weighted by Crippen LogP contribution is 2.26. The molecule has 1 N–H and O–H groups in total. The van der Waals surface area contributed by atoms with Crippen LogP contribution in [0.5, 0.6) is 0 Å². The van der Waals surface area contributed by atoms with Crippen LogP contribution in [-0.4, -0.2) is 40.0 Å². The molecule has 1 saturated heterocycles. The number of imidazole rings is 1. The number of aryl methyl sites for hydroxylation is 1. The second-order valence-corrected chi connectivity index (χ2v) is 5.88. The van der Waals surface area contributed by atoms with E-state index in [9.17, 15) is 9.18 Å². The van der Waals surface area contributed by atoms with Gasteiger partial charge in [0.15, 0.2) is 0 Å². The van der Waals surface area contributed by atoms with Gasteiger partial charge in [-0.25, -0.2) is 9.37 Å². The lowest BCUT2D eigenvalue weighted by atomic mass is 10.0. The lowest BCUT2D eigenvalue weighted by Crippen LogP contribution is -2.37. The van der Waals surface area contributed by atoms with E-state index < -0.39 is 0 Å². The third kappa shape index (κ3) is 3.42. The number of rotatable bonds is 5. The van der Waals surface area contributed by atoms with E-state index in [4.69, 9.17) is 0 Å². The van der Waals surface area contributed by atoms with Gasteiger partial charge in [-0.2, -0.15) is 0 Å². The summed E-state index contributed by atoms with van der Waals surface area (Å²) < 4.78 is 15.9. The molecule has 1 aromatic heterocycles. The van der Waals surface area contributed by atoms with Gasteiger partial charge in [0.2, 0.25) is 0 Å². The van der Waals surface area contributed by atoms with Gasteiger partial charge in [-0.3, -0.25) is 9.69 Å². The Kier molecular flexibility index (Phi) is 4.71. The molecule has 1 aliphatic heterocycles. The molecule has 6 heteroatoms. The summed E-state index contributed by atoms with van der Waals surface area (Å²) in [6, 6.07) is 6.66. The van der Waals surface area contributed by atoms with Crippen molar-refractivity contribution in [2.45, 2.75) is 18.9 Å². The fraction of sp³-hybridized carbons (Fsp3) is 0.412. The first-order chi connectivity index (χ1) is 11.2. The number of nitrogens with one attached hydrogen (secondary N) is 1. The first kappa shape index (κ1) is 15.7. The summed E-state index contributed by atoms with van der Waals surface area (Å²) >= 11 is 0. The third-order valence-corrected chi connectivity index (χ3v) is 4.35. The van der Waals surface area contributed by atoms with Crippen LogP contribution in [0, 0.1) is 5.82 Å². The summed E-state index contributed by atoms with van der Waals surface area (Å²) in [5.74, 6) is -0.412. The van der Waals surface area contributed by atoms with Gasteiger partial charge >= 0.3 is 0 Å². The molecule has 122 valence electrons. The number of amides is 1. The molecule has 0 saturated carbocycles. The highest BCUT2D eigenvalue weighted by Gasteiger charge is 2.26. The maximum atomic E-state index is 14.2. The van der Waals surface area contributed by atoms with E-state index in [1.807, 2.05) is 6.07 Å². The number of aromatic nitrogens is 2. The molecule has 1 atom stereocenters. The maximum Gasteiger partial charge on any atom is 0.269 e. The van der Waals surface area contributed by atoms with Crippen molar-refractivity contribution in [3.63, 3.8) is 0 Å². The molecule has 1 fully saturated rings. The first-order valence-electron chi connectivity index (χ1n) is 7.90. The van der Waals surface area contributed by atoms with E-state index >= 15 is 0 Å². The van der Waals surface area contributed by atoms with Crippen LogP contribution >= 0.6 is 0 Å². The van der Waals surface area contributed by atoms with Crippen LogP contribution < -0.4 is 5.32 Å². The number of likely N-dealkylation sites (tertiary alicyclic amines) is 1. The van der Waals surface area contributed by atoms with Gasteiger partial charge in [0.1, 0.15) is 11.5 Å². The minimum atomic E-state index is -0.223. The second kappa shape index (κ2) is 6.91. The van der Waals surface area contributed by atoms with Crippen LogP contribution in [0.25, 0.3) is 0 Å². The van der Waals surface area contributed by atoms with Crippen LogP contribution in [0.3, 0.4) is 0 Å². The van der Waals surface area contributed by atoms with Crippen molar-refractivity contribution in [2.75, 3.05) is 19.6 Å². The van der Waals surface area contributed by atoms with Crippen LogP contribution in [0.2, 0.25) is 0 Å². The summed E-state index contributed by atoms with van der Waals surface area (Å²) in [5.41, 5.74) is 1.14. The average Bonchev–Trinajstić information content (AvgIpc) is 3.20. The van der Waals surface area contributed by atoms with Crippen LogP contribution in [0.4, 0.5) is 4.39 Å². The Hall–Kier alpha value is -2.21. The van der Waals surface area contributed by atoms with Crippen LogP contribution in [0.1, 0.15) is 34.9 Å². The van der Waals surface area contributed by atoms with E-state index in [0.717, 1.165) is 25.9 Å². The molecule has 5 nitrogen and oxygen atoms in total. The molecule has 1 aliphatic rings. The van der Waals surface area contributed by atoms with E-state index in [2.05, 4.69) is 15.2 Å². The number of hydrogen-bond acceptors (Lipinski definition) is 3. The molecule has 2 aromatic rings. The maximum absolute atomic E-state index is 14.2. The predicted octanol–water partition coefficient (Wildman–Crippen LogP) is 2.13. The molecule has 0 radical (unpaired) electrons. The molecule has 0 unspecified atom stereocenters. The van der Waals surface area contributed by atoms with Crippen molar-refractivity contribution in [1.82, 2.24) is 19.8 Å². The molecule has 2 heterocycles. The van der Waals surface area contributed by atoms with Crippen molar-refractivity contribution in [3.8, 4) is 0 Å². The van der Waals surface area contributed by atoms with E-state index in [1.54, 1.807) is 30.1 Å². The van der Waals surface area contributed by atoms with Gasteiger partial charge in [0.05, 0.1) is 18.6 Å². The Bertz CT molecular complexity index is 679. The van der Waals surface area contributed by atoms with Gasteiger partial charge in [-0.15, -0.1) is 0 Å². The summed E-state index contributed by atoms with van der Waals surface area (Å²) in [4.78, 5) is 18.5. The Labute approximate surface area is 135 Å². The minimum absolute atomic E-state index is 0.143. The van der Waals surface area contributed by atoms with Gasteiger partial charge in [-0.1, -0.05) is 18.2 Å². The Balaban J connectivity index is 1.75. The summed E-state index contributed by atoms with van der Waals surface area (Å²) in [7, 11) is 1.77. The quantitative estimate of drug-likeness (QED) is 0.919. The van der Waals surface area contributed by atoms with Gasteiger partial charge < -0.3 is 9.88 Å². The lowest BCUT2D eigenvalue weighted by Gasteiger charge is -2.28. The number of halogens is 1. The first-order valence-corrected chi connectivity index (χ1v) is 7.90. The zero-order valence-electron chi connectivity index (χ0n) is 13.2. The highest BCUT2D eigenvalue weighted by atomic mass is 19.1. The molecule has 3 rings (SSSR count). The average molecular weight is 316 g/mol. The van der Waals surface area contributed by atoms with Gasteiger partial charge in [0.25, 0.3) is 5.91 Å². The van der Waals surface area contributed by atoms with Crippen molar-refractivity contribution >= 4 is 5.91 Å². The number of benzene rings is 1. The van der Waals surface area contributed by atoms with Crippen LogP contribution in [0.15, 0.2) is 36.8 Å². The van der Waals surface area contributed by atoms with Crippen molar-refractivity contribution < 1.29 is 9.18 Å². The molecule has 1 aromatic carbocycles. The molecule has 1 amide bonds. The largest absolute Gasteiger partial charge is 0.349 e. The number of hydrogen-bond donors (Lipinski definition) is 1. The lowest BCUT2D eigenvalue weighted by molar-refractivity contribution is 0.0929. The number of carbonyl (C=O) groups is 1. The van der Waals surface area contributed by atoms with Crippen molar-refractivity contribution in [2.24, 2.45) is 7.05 Å². The smallest absolute Gasteiger partial charge is 0.269 e. The fourth-order valence-corrected chi connectivity index (χ4v) is 3.09. The van der Waals surface area contributed by atoms with Gasteiger partial charge in [-0.05, 0) is 32.0 Å². The van der Waals surface area contributed by atoms with E-state index in [1.165, 1.54) is 12.3 Å². The van der Waals surface area contributed by atoms with Crippen molar-refractivity contribution in [1.29, 1.82) is 0 Å². The SMILES string of the molecule is Cn1cncc1C(=O)NC[C@H](c1ccccc1F)N1CCCC1. The second-order valence-electron chi connectivity index (χ2n) is 5.88. The summed E-state index contributed by atoms with van der Waals surface area (Å²) in [6.07, 6.45) is 5.34. The number of nitrogens with zero attached hydrogens (tertiary/aromatic N) is 3. The predicted molar refractivity (Wildman–Crippen MR) is 85.5 cm³/mol. The molecular formula is C17H21FN4O. The summed E-state index contributed by atoms with van der Waals surface area (Å²) in [5, 5.41) is 2.92. The van der Waals surface area contributed by atoms with Crippen LogP contribution in [-0.2, 0) is 7.05 Å². The molecule has 0 aliphatic carbocycles. The molecule has 0 spiro atoms. The highest BCUT2D eigenvalue weighted by molar-refractivity contribution is 5.92. The topological polar surface area (TPSA) is 50.2 Å². The fourth-order valence-electron chi connectivity index (χ4n) is 3.09. The molecule has 0 bridgehead atoms. The zero-order chi connectivity index (χ0) is 16.2. The number of carbonyl (C=O) groups excluding carboxylic acids is 1. The molecule has 23 heavy (non-hydrogen) atoms. The normalized spacial score (nSPS) is 16.4. The van der Waals surface area contributed by atoms with Gasteiger partial charge in [0, 0.05) is 19.2 Å². The third-order valence-electron chi connectivity index (χ3n) is 4.35. The minimum Gasteiger partial charge on any atom is -0.349 e. The molecular weight excluding hydrogens is 295 g/mol. The van der Waals surface area contributed by atoms with Crippen molar-refractivity contribution in [3.05, 3.63) is 53.9 Å². The Morgan fingerprint density at radius 3 is 2.74 bits per heavy atom. The monoisotopic (exact) mass is 316 g/mol. The Morgan fingerprint density at radius 1 is 1.35 bits per heavy atom.